The molecule has 0 aliphatic rings. The van der Waals surface area contributed by atoms with Gasteiger partial charge < -0.3 is 4.74 Å². The van der Waals surface area contributed by atoms with Crippen LogP contribution >= 0.6 is 0 Å². The van der Waals surface area contributed by atoms with Crippen molar-refractivity contribution in [2.24, 2.45) is 0 Å². The lowest BCUT2D eigenvalue weighted by Gasteiger charge is -2.03. The van der Waals surface area contributed by atoms with Gasteiger partial charge in [-0.25, -0.2) is 4.39 Å². The Morgan fingerprint density at radius 2 is 2.12 bits per heavy atom. The summed E-state index contributed by atoms with van der Waals surface area (Å²) in [5, 5.41) is 10.4. The van der Waals surface area contributed by atoms with Crippen LogP contribution in [0, 0.1) is 21.7 Å². The molecule has 0 heterocycles. The van der Waals surface area contributed by atoms with Gasteiger partial charge in [-0.2, -0.15) is 4.39 Å². The minimum Gasteiger partial charge on any atom is -0.466 e. The number of hydrogen-bond donors (Lipinski definition) is 0. The molecule has 1 rings (SSSR count). The fraction of sp³-hybridized carbons (Fsp3) is 0.300. The average Bonchev–Trinajstić information content (AvgIpc) is 2.23. The number of rotatable bonds is 4. The quantitative estimate of drug-likeness (QED) is 0.462. The topological polar surface area (TPSA) is 69.4 Å². The van der Waals surface area contributed by atoms with E-state index in [1.54, 1.807) is 6.92 Å². The minimum atomic E-state index is -1.54. The molecule has 1 aromatic rings. The molecule has 0 saturated heterocycles. The van der Waals surface area contributed by atoms with Gasteiger partial charge in [0.05, 0.1) is 18.0 Å². The van der Waals surface area contributed by atoms with Gasteiger partial charge in [0.25, 0.3) is 0 Å². The molecule has 0 spiro atoms. The predicted octanol–water partition coefficient (Wildman–Crippen LogP) is 1.98. The highest BCUT2D eigenvalue weighted by Gasteiger charge is 2.21. The van der Waals surface area contributed by atoms with Gasteiger partial charge in [-0.3, -0.25) is 14.9 Å². The molecule has 1 aromatic carbocycles. The molecule has 7 heteroatoms. The first-order chi connectivity index (χ1) is 7.95. The number of hydrogen-bond acceptors (Lipinski definition) is 4. The summed E-state index contributed by atoms with van der Waals surface area (Å²) in [5.74, 6) is -3.56. The van der Waals surface area contributed by atoms with E-state index in [1.165, 1.54) is 0 Å². The summed E-state index contributed by atoms with van der Waals surface area (Å²) in [7, 11) is 0. The summed E-state index contributed by atoms with van der Waals surface area (Å²) in [6.07, 6.45) is -0.341. The lowest BCUT2D eigenvalue weighted by molar-refractivity contribution is -0.387. The first kappa shape index (κ1) is 13.0. The molecule has 0 bridgehead atoms. The average molecular weight is 245 g/mol. The number of benzene rings is 1. The van der Waals surface area contributed by atoms with Gasteiger partial charge in [-0.05, 0) is 18.6 Å². The SMILES string of the molecule is CCOC(=O)Cc1cc(F)c(F)c([N+](=O)[O-])c1. The van der Waals surface area contributed by atoms with E-state index in [0.717, 1.165) is 12.1 Å². The van der Waals surface area contributed by atoms with Crippen molar-refractivity contribution in [3.8, 4) is 0 Å². The van der Waals surface area contributed by atoms with Crippen LogP contribution in [0.1, 0.15) is 12.5 Å². The van der Waals surface area contributed by atoms with Crippen LogP contribution in [0.4, 0.5) is 14.5 Å². The monoisotopic (exact) mass is 245 g/mol. The Morgan fingerprint density at radius 3 is 2.65 bits per heavy atom. The molecule has 0 aliphatic heterocycles. The van der Waals surface area contributed by atoms with Gasteiger partial charge in [0, 0.05) is 6.07 Å². The molecule has 0 aliphatic carbocycles. The summed E-state index contributed by atoms with van der Waals surface area (Å²) in [6, 6.07) is 1.55. The van der Waals surface area contributed by atoms with Crippen LogP contribution in [0.2, 0.25) is 0 Å². The van der Waals surface area contributed by atoms with Crippen molar-refractivity contribution < 1.29 is 23.2 Å². The zero-order chi connectivity index (χ0) is 13.0. The van der Waals surface area contributed by atoms with Crippen molar-refractivity contribution >= 4 is 11.7 Å². The highest BCUT2D eigenvalue weighted by molar-refractivity contribution is 5.72. The zero-order valence-corrected chi connectivity index (χ0v) is 8.91. The van der Waals surface area contributed by atoms with Gasteiger partial charge in [0.2, 0.25) is 5.82 Å². The Kier molecular flexibility index (Phi) is 4.08. The molecule has 0 unspecified atom stereocenters. The van der Waals surface area contributed by atoms with Gasteiger partial charge in [-0.15, -0.1) is 0 Å². The Morgan fingerprint density at radius 1 is 1.47 bits per heavy atom. The molecule has 92 valence electrons. The summed E-state index contributed by atoms with van der Waals surface area (Å²) >= 11 is 0. The molecule has 17 heavy (non-hydrogen) atoms. The van der Waals surface area contributed by atoms with Crippen LogP contribution in [0.3, 0.4) is 0 Å². The lowest BCUT2D eigenvalue weighted by Crippen LogP contribution is -2.08. The van der Waals surface area contributed by atoms with Gasteiger partial charge in [-0.1, -0.05) is 0 Å². The molecule has 0 N–H and O–H groups in total. The molecule has 0 fully saturated rings. The van der Waals surface area contributed by atoms with Crippen molar-refractivity contribution in [1.29, 1.82) is 0 Å². The summed E-state index contributed by atoms with van der Waals surface area (Å²) < 4.78 is 30.6. The molecule has 0 saturated carbocycles. The number of nitro groups is 1. The minimum absolute atomic E-state index is 0.00551. The van der Waals surface area contributed by atoms with Crippen LogP contribution in [0.15, 0.2) is 12.1 Å². The third-order valence-corrected chi connectivity index (χ3v) is 1.92. The maximum atomic E-state index is 13.0. The van der Waals surface area contributed by atoms with E-state index in [0.29, 0.717) is 0 Å². The van der Waals surface area contributed by atoms with Gasteiger partial charge in [0.15, 0.2) is 5.82 Å². The predicted molar refractivity (Wildman–Crippen MR) is 53.3 cm³/mol. The van der Waals surface area contributed by atoms with E-state index >= 15 is 0 Å². The van der Waals surface area contributed by atoms with E-state index < -0.39 is 28.2 Å². The van der Waals surface area contributed by atoms with Crippen molar-refractivity contribution in [3.05, 3.63) is 39.4 Å². The highest BCUT2D eigenvalue weighted by Crippen LogP contribution is 2.22. The van der Waals surface area contributed by atoms with E-state index in [2.05, 4.69) is 4.74 Å². The largest absolute Gasteiger partial charge is 0.466 e. The number of nitro benzene ring substituents is 1. The lowest BCUT2D eigenvalue weighted by atomic mass is 10.1. The molecule has 5 nitrogen and oxygen atoms in total. The summed E-state index contributed by atoms with van der Waals surface area (Å²) in [4.78, 5) is 20.5. The van der Waals surface area contributed by atoms with Gasteiger partial charge >= 0.3 is 11.7 Å². The molecule has 0 aromatic heterocycles. The molecule has 0 amide bonds. The number of esters is 1. The van der Waals surface area contributed by atoms with Crippen LogP contribution < -0.4 is 0 Å². The Labute approximate surface area is 95.2 Å². The third kappa shape index (κ3) is 3.20. The molecular formula is C10H9F2NO4. The summed E-state index contributed by atoms with van der Waals surface area (Å²) in [5.41, 5.74) is -1.00. The van der Waals surface area contributed by atoms with E-state index in [-0.39, 0.29) is 18.6 Å². The van der Waals surface area contributed by atoms with Crippen molar-refractivity contribution in [3.63, 3.8) is 0 Å². The fourth-order valence-corrected chi connectivity index (χ4v) is 1.24. The first-order valence-electron chi connectivity index (χ1n) is 4.73. The molecule has 0 atom stereocenters. The second-order valence-electron chi connectivity index (χ2n) is 3.15. The van der Waals surface area contributed by atoms with Crippen molar-refractivity contribution in [1.82, 2.24) is 0 Å². The molecule has 0 radical (unpaired) electrons. The number of carbonyl (C=O) groups is 1. The normalized spacial score (nSPS) is 10.1. The van der Waals surface area contributed by atoms with Crippen LogP contribution in [-0.4, -0.2) is 17.5 Å². The maximum absolute atomic E-state index is 13.0. The number of halogens is 2. The maximum Gasteiger partial charge on any atom is 0.310 e. The van der Waals surface area contributed by atoms with Crippen molar-refractivity contribution in [2.45, 2.75) is 13.3 Å². The Hall–Kier alpha value is -2.05. The smallest absolute Gasteiger partial charge is 0.310 e. The number of nitrogens with zero attached hydrogens (tertiary/aromatic N) is 1. The van der Waals surface area contributed by atoms with E-state index in [1.807, 2.05) is 0 Å². The highest BCUT2D eigenvalue weighted by atomic mass is 19.2. The Bertz CT molecular complexity index is 462. The fourth-order valence-electron chi connectivity index (χ4n) is 1.24. The number of carbonyl (C=O) groups excluding carboxylic acids is 1. The van der Waals surface area contributed by atoms with Crippen LogP contribution in [0.5, 0.6) is 0 Å². The standard InChI is InChI=1S/C10H9F2NO4/c1-2-17-9(14)5-6-3-7(11)10(12)8(4-6)13(15)16/h3-4H,2,5H2,1H3. The number of ether oxygens (including phenoxy) is 1. The van der Waals surface area contributed by atoms with E-state index in [9.17, 15) is 23.7 Å². The zero-order valence-electron chi connectivity index (χ0n) is 8.91. The van der Waals surface area contributed by atoms with Crippen LogP contribution in [0.25, 0.3) is 0 Å². The van der Waals surface area contributed by atoms with Crippen molar-refractivity contribution in [2.75, 3.05) is 6.61 Å². The van der Waals surface area contributed by atoms with E-state index in [4.69, 9.17) is 0 Å². The van der Waals surface area contributed by atoms with Gasteiger partial charge in [0.1, 0.15) is 0 Å². The summed E-state index contributed by atoms with van der Waals surface area (Å²) in [6.45, 7) is 1.73. The first-order valence-corrected chi connectivity index (χ1v) is 4.73. The Balaban J connectivity index is 3.02. The second kappa shape index (κ2) is 5.33. The third-order valence-electron chi connectivity index (χ3n) is 1.92. The van der Waals surface area contributed by atoms with Crippen LogP contribution in [-0.2, 0) is 16.0 Å². The second-order valence-corrected chi connectivity index (χ2v) is 3.15. The molecular weight excluding hydrogens is 236 g/mol.